The van der Waals surface area contributed by atoms with Crippen molar-refractivity contribution in [2.24, 2.45) is 0 Å². The van der Waals surface area contributed by atoms with Crippen LogP contribution in [0.25, 0.3) is 10.2 Å². The highest BCUT2D eigenvalue weighted by Gasteiger charge is 2.26. The monoisotopic (exact) mass is 378 g/mol. The van der Waals surface area contributed by atoms with Gasteiger partial charge < -0.3 is 15.0 Å². The van der Waals surface area contributed by atoms with Crippen LogP contribution in [-0.2, 0) is 4.74 Å². The fraction of sp³-hybridized carbons (Fsp3) is 0.529. The lowest BCUT2D eigenvalue weighted by Crippen LogP contribution is -2.49. The van der Waals surface area contributed by atoms with Crippen LogP contribution in [0.2, 0.25) is 0 Å². The molecular formula is C17H22N4O4S. The van der Waals surface area contributed by atoms with Gasteiger partial charge in [0, 0.05) is 31.3 Å². The highest BCUT2D eigenvalue weighted by Crippen LogP contribution is 2.32. The van der Waals surface area contributed by atoms with Crippen LogP contribution in [0.5, 0.6) is 0 Å². The van der Waals surface area contributed by atoms with Crippen molar-refractivity contribution in [3.05, 3.63) is 28.3 Å². The van der Waals surface area contributed by atoms with Gasteiger partial charge in [-0.3, -0.25) is 10.1 Å². The highest BCUT2D eigenvalue weighted by atomic mass is 32.1. The number of benzene rings is 1. The van der Waals surface area contributed by atoms with E-state index in [1.807, 2.05) is 20.8 Å². The summed E-state index contributed by atoms with van der Waals surface area (Å²) in [5.74, 6) is 0. The Morgan fingerprint density at radius 3 is 2.92 bits per heavy atom. The van der Waals surface area contributed by atoms with Crippen LogP contribution in [0.4, 0.5) is 15.6 Å². The molecule has 0 radical (unpaired) electrons. The molecule has 1 saturated heterocycles. The maximum atomic E-state index is 12.0. The lowest BCUT2D eigenvalue weighted by atomic mass is 10.1. The van der Waals surface area contributed by atoms with Crippen LogP contribution >= 0.6 is 11.3 Å². The second-order valence-corrected chi connectivity index (χ2v) is 8.35. The number of non-ortho nitro benzene ring substituents is 1. The number of piperidine rings is 1. The van der Waals surface area contributed by atoms with E-state index in [1.54, 1.807) is 6.07 Å². The van der Waals surface area contributed by atoms with Gasteiger partial charge in [-0.15, -0.1) is 0 Å². The van der Waals surface area contributed by atoms with Crippen LogP contribution in [-0.4, -0.2) is 40.7 Å². The largest absolute Gasteiger partial charge is 0.444 e. The second-order valence-electron chi connectivity index (χ2n) is 7.34. The minimum Gasteiger partial charge on any atom is -0.444 e. The van der Waals surface area contributed by atoms with Crippen molar-refractivity contribution in [3.63, 3.8) is 0 Å². The van der Waals surface area contributed by atoms with E-state index in [4.69, 9.17) is 4.74 Å². The van der Waals surface area contributed by atoms with Gasteiger partial charge in [0.25, 0.3) is 5.69 Å². The van der Waals surface area contributed by atoms with E-state index in [-0.39, 0.29) is 11.7 Å². The number of fused-ring (bicyclic) bond motifs is 1. The molecule has 140 valence electrons. The van der Waals surface area contributed by atoms with Crippen molar-refractivity contribution in [2.45, 2.75) is 45.3 Å². The topological polar surface area (TPSA) is 97.6 Å². The van der Waals surface area contributed by atoms with Crippen molar-refractivity contribution >= 4 is 38.5 Å². The summed E-state index contributed by atoms with van der Waals surface area (Å²) in [5.41, 5.74) is 0.138. The Hall–Kier alpha value is -2.42. The molecule has 0 saturated carbocycles. The van der Waals surface area contributed by atoms with Crippen molar-refractivity contribution < 1.29 is 14.5 Å². The summed E-state index contributed by atoms with van der Waals surface area (Å²) >= 11 is 1.50. The number of nitro benzene ring substituents is 1. The number of hydrogen-bond donors (Lipinski definition) is 1. The molecule has 1 fully saturated rings. The molecular weight excluding hydrogens is 356 g/mol. The minimum absolute atomic E-state index is 0.0139. The number of carbonyl (C=O) groups is 1. The molecule has 8 nitrogen and oxygen atoms in total. The van der Waals surface area contributed by atoms with E-state index in [1.165, 1.54) is 23.5 Å². The summed E-state index contributed by atoms with van der Waals surface area (Å²) < 4.78 is 6.23. The Balaban J connectivity index is 1.70. The lowest BCUT2D eigenvalue weighted by molar-refractivity contribution is -0.384. The quantitative estimate of drug-likeness (QED) is 0.646. The molecule has 1 amide bonds. The molecule has 1 atom stereocenters. The predicted molar refractivity (Wildman–Crippen MR) is 101 cm³/mol. The van der Waals surface area contributed by atoms with Gasteiger partial charge in [-0.05, 0) is 39.7 Å². The number of ether oxygens (including phenoxy) is 1. The standard InChI is InChI=1S/C17H22N4O4S/c1-17(2,3)25-16(22)18-11-5-4-8-20(10-11)15-19-13-9-12(21(23)24)6-7-14(13)26-15/h6-7,9,11H,4-5,8,10H2,1-3H3,(H,18,22)/t11-/m0/s1. The predicted octanol–water partition coefficient (Wildman–Crippen LogP) is 3.70. The van der Waals surface area contributed by atoms with Gasteiger partial charge in [0.15, 0.2) is 5.13 Å². The molecule has 1 N–H and O–H groups in total. The first kappa shape index (κ1) is 18.4. The van der Waals surface area contributed by atoms with Gasteiger partial charge in [-0.1, -0.05) is 11.3 Å². The third kappa shape index (κ3) is 4.40. The first-order valence-electron chi connectivity index (χ1n) is 8.51. The number of amides is 1. The Kier molecular flexibility index (Phi) is 4.99. The average Bonchev–Trinajstić information content (AvgIpc) is 2.96. The molecule has 26 heavy (non-hydrogen) atoms. The Bertz CT molecular complexity index is 830. The molecule has 0 bridgehead atoms. The van der Waals surface area contributed by atoms with Crippen LogP contribution < -0.4 is 10.2 Å². The molecule has 1 aromatic carbocycles. The fourth-order valence-corrected chi connectivity index (χ4v) is 3.88. The molecule has 1 aliphatic heterocycles. The van der Waals surface area contributed by atoms with Crippen molar-refractivity contribution in [3.8, 4) is 0 Å². The van der Waals surface area contributed by atoms with E-state index in [2.05, 4.69) is 15.2 Å². The number of nitrogens with zero attached hydrogens (tertiary/aromatic N) is 3. The molecule has 0 spiro atoms. The smallest absolute Gasteiger partial charge is 0.407 e. The molecule has 3 rings (SSSR count). The number of rotatable bonds is 3. The third-order valence-electron chi connectivity index (χ3n) is 3.98. The molecule has 1 aliphatic rings. The lowest BCUT2D eigenvalue weighted by Gasteiger charge is -2.33. The van der Waals surface area contributed by atoms with Gasteiger partial charge >= 0.3 is 6.09 Å². The van der Waals surface area contributed by atoms with E-state index < -0.39 is 16.6 Å². The third-order valence-corrected chi connectivity index (χ3v) is 5.08. The van der Waals surface area contributed by atoms with E-state index >= 15 is 0 Å². The summed E-state index contributed by atoms with van der Waals surface area (Å²) in [6.45, 7) is 6.98. The summed E-state index contributed by atoms with van der Waals surface area (Å²) in [6, 6.07) is 4.71. The second kappa shape index (κ2) is 7.06. The van der Waals surface area contributed by atoms with Crippen LogP contribution in [0.3, 0.4) is 0 Å². The first-order valence-corrected chi connectivity index (χ1v) is 9.32. The summed E-state index contributed by atoms with van der Waals surface area (Å²) in [5, 5.41) is 14.7. The minimum atomic E-state index is -0.528. The maximum absolute atomic E-state index is 12.0. The number of hydrogen-bond acceptors (Lipinski definition) is 7. The number of nitrogens with one attached hydrogen (secondary N) is 1. The van der Waals surface area contributed by atoms with E-state index in [9.17, 15) is 14.9 Å². The Morgan fingerprint density at radius 1 is 1.46 bits per heavy atom. The summed E-state index contributed by atoms with van der Waals surface area (Å²) in [6.07, 6.45) is 1.40. The van der Waals surface area contributed by atoms with Gasteiger partial charge in [0.2, 0.25) is 0 Å². The molecule has 2 heterocycles. The van der Waals surface area contributed by atoms with Gasteiger partial charge in [-0.25, -0.2) is 9.78 Å². The fourth-order valence-electron chi connectivity index (χ4n) is 2.90. The zero-order valence-corrected chi connectivity index (χ0v) is 15.8. The first-order chi connectivity index (χ1) is 12.2. The number of thiazole rings is 1. The SMILES string of the molecule is CC(C)(C)OC(=O)N[C@H]1CCCN(c2nc3cc([N+](=O)[O-])ccc3s2)C1. The van der Waals surface area contributed by atoms with Crippen molar-refractivity contribution in [1.29, 1.82) is 0 Å². The van der Waals surface area contributed by atoms with Crippen molar-refractivity contribution in [1.82, 2.24) is 10.3 Å². The van der Waals surface area contributed by atoms with E-state index in [0.29, 0.717) is 12.1 Å². The van der Waals surface area contributed by atoms with Gasteiger partial charge in [0.1, 0.15) is 5.60 Å². The number of anilines is 1. The number of nitro groups is 1. The number of alkyl carbamates (subject to hydrolysis) is 1. The molecule has 2 aromatic rings. The Labute approximate surface area is 155 Å². The van der Waals surface area contributed by atoms with Crippen LogP contribution in [0, 0.1) is 10.1 Å². The summed E-state index contributed by atoms with van der Waals surface area (Å²) in [4.78, 5) is 29.1. The summed E-state index contributed by atoms with van der Waals surface area (Å²) in [7, 11) is 0. The highest BCUT2D eigenvalue weighted by molar-refractivity contribution is 7.22. The normalized spacial score (nSPS) is 18.0. The molecule has 0 unspecified atom stereocenters. The number of carbonyl (C=O) groups excluding carboxylic acids is 1. The van der Waals surface area contributed by atoms with Gasteiger partial charge in [-0.2, -0.15) is 0 Å². The average molecular weight is 378 g/mol. The molecule has 0 aliphatic carbocycles. The maximum Gasteiger partial charge on any atom is 0.407 e. The van der Waals surface area contributed by atoms with E-state index in [0.717, 1.165) is 29.2 Å². The zero-order valence-electron chi connectivity index (χ0n) is 15.0. The zero-order chi connectivity index (χ0) is 18.9. The van der Waals surface area contributed by atoms with Crippen LogP contribution in [0.15, 0.2) is 18.2 Å². The van der Waals surface area contributed by atoms with Gasteiger partial charge in [0.05, 0.1) is 15.1 Å². The molecule has 1 aromatic heterocycles. The number of aromatic nitrogens is 1. The Morgan fingerprint density at radius 2 is 2.23 bits per heavy atom. The molecule has 9 heteroatoms. The van der Waals surface area contributed by atoms with Crippen molar-refractivity contribution in [2.75, 3.05) is 18.0 Å². The van der Waals surface area contributed by atoms with Crippen LogP contribution in [0.1, 0.15) is 33.6 Å².